The number of amides is 1. The zero-order valence-electron chi connectivity index (χ0n) is 23.3. The molecule has 0 bridgehead atoms. The van der Waals surface area contributed by atoms with E-state index >= 15 is 0 Å². The van der Waals surface area contributed by atoms with Crippen LogP contribution in [0.4, 0.5) is 5.00 Å². The van der Waals surface area contributed by atoms with E-state index in [4.69, 9.17) is 18.6 Å². The minimum Gasteiger partial charge on any atom is -0.467 e. The molecule has 0 unspecified atom stereocenters. The highest BCUT2D eigenvalue weighted by molar-refractivity contribution is 7.16. The van der Waals surface area contributed by atoms with Crippen LogP contribution < -0.4 is 5.32 Å². The third-order valence-corrected chi connectivity index (χ3v) is 8.48. The van der Waals surface area contributed by atoms with Crippen molar-refractivity contribution in [3.05, 3.63) is 87.9 Å². The Morgan fingerprint density at radius 2 is 1.95 bits per heavy atom. The van der Waals surface area contributed by atoms with Crippen molar-refractivity contribution < 1.29 is 23.2 Å². The topological polar surface area (TPSA) is 94.0 Å². The van der Waals surface area contributed by atoms with Crippen molar-refractivity contribution in [1.29, 1.82) is 0 Å². The van der Waals surface area contributed by atoms with Crippen molar-refractivity contribution >= 4 is 34.4 Å². The van der Waals surface area contributed by atoms with Crippen molar-refractivity contribution in [2.75, 3.05) is 6.61 Å². The lowest BCUT2D eigenvalue weighted by Gasteiger charge is -2.33. The second-order valence-electron chi connectivity index (χ2n) is 11.0. The summed E-state index contributed by atoms with van der Waals surface area (Å²) in [6.45, 7) is 9.28. The van der Waals surface area contributed by atoms with E-state index < -0.39 is 0 Å². The minimum atomic E-state index is -0.349. The molecule has 40 heavy (non-hydrogen) atoms. The fourth-order valence-corrected chi connectivity index (χ4v) is 6.26. The van der Waals surface area contributed by atoms with Gasteiger partial charge in [-0.3, -0.25) is 4.79 Å². The summed E-state index contributed by atoms with van der Waals surface area (Å²) in [6, 6.07) is 14.5. The van der Waals surface area contributed by atoms with Crippen LogP contribution in [0.2, 0.25) is 0 Å². The van der Waals surface area contributed by atoms with Crippen molar-refractivity contribution in [3.8, 4) is 11.3 Å². The number of aliphatic imine (C=N–C) groups is 1. The molecule has 0 radical (unpaired) electrons. The number of carbonyl (C=O) groups excluding carboxylic acids is 2. The van der Waals surface area contributed by atoms with Gasteiger partial charge in [0.05, 0.1) is 36.8 Å². The van der Waals surface area contributed by atoms with Gasteiger partial charge in [-0.2, -0.15) is 0 Å². The Morgan fingerprint density at radius 1 is 1.15 bits per heavy atom. The number of benzene rings is 1. The highest BCUT2D eigenvalue weighted by Crippen LogP contribution is 2.45. The quantitative estimate of drug-likeness (QED) is 0.177. The smallest absolute Gasteiger partial charge is 0.338 e. The number of rotatable bonds is 8. The van der Waals surface area contributed by atoms with Crippen LogP contribution in [0.3, 0.4) is 0 Å². The highest BCUT2D eigenvalue weighted by atomic mass is 32.1. The maximum absolute atomic E-state index is 13.4. The number of nitrogens with one attached hydrogen (secondary N) is 1. The summed E-state index contributed by atoms with van der Waals surface area (Å²) in [4.78, 5) is 31.3. The molecule has 0 saturated heterocycles. The number of carbonyl (C=O) groups is 2. The number of thiophene rings is 1. The van der Waals surface area contributed by atoms with E-state index in [1.54, 1.807) is 42.9 Å². The van der Waals surface area contributed by atoms with E-state index in [-0.39, 0.29) is 17.3 Å². The Balaban J connectivity index is 1.38. The molecule has 3 aromatic heterocycles. The monoisotopic (exact) mass is 558 g/mol. The number of hydrogen-bond donors (Lipinski definition) is 1. The molecule has 0 aliphatic heterocycles. The number of esters is 1. The summed E-state index contributed by atoms with van der Waals surface area (Å²) in [5.74, 6) is 2.00. The number of furan rings is 2. The second-order valence-corrected chi connectivity index (χ2v) is 12.1. The molecule has 0 spiro atoms. The molecule has 0 saturated carbocycles. The lowest BCUT2D eigenvalue weighted by molar-refractivity contribution is 0.0526. The van der Waals surface area contributed by atoms with Crippen LogP contribution in [0.25, 0.3) is 11.3 Å². The van der Waals surface area contributed by atoms with Gasteiger partial charge >= 0.3 is 5.97 Å². The Bertz CT molecular complexity index is 1500. The van der Waals surface area contributed by atoms with Gasteiger partial charge in [0.25, 0.3) is 5.91 Å². The van der Waals surface area contributed by atoms with Gasteiger partial charge in [-0.05, 0) is 79.5 Å². The van der Waals surface area contributed by atoms with E-state index in [1.807, 2.05) is 36.4 Å². The first-order valence-electron chi connectivity index (χ1n) is 13.6. The lowest BCUT2D eigenvalue weighted by atomic mass is 9.72. The van der Waals surface area contributed by atoms with Crippen LogP contribution in [-0.2, 0) is 24.1 Å². The van der Waals surface area contributed by atoms with Crippen LogP contribution >= 0.6 is 11.3 Å². The van der Waals surface area contributed by atoms with Crippen molar-refractivity contribution in [3.63, 3.8) is 0 Å². The van der Waals surface area contributed by atoms with Gasteiger partial charge in [0, 0.05) is 10.4 Å². The zero-order chi connectivity index (χ0) is 28.3. The fourth-order valence-electron chi connectivity index (χ4n) is 4.99. The molecule has 8 heteroatoms. The standard InChI is InChI=1S/C32H34N2O5S/c1-5-37-31(36)21-10-8-20(9-11-21)26-15-13-24(39-26)19-34-30-28(29(35)33-18-23-7-6-16-38-23)25-14-12-22(32(2,3)4)17-27(25)40-30/h6-11,13,15-16,19,22H,5,12,14,17-18H2,1-4H3,(H,33,35)/t22-/m0/s1. The molecule has 1 atom stereocenters. The predicted octanol–water partition coefficient (Wildman–Crippen LogP) is 7.61. The molecule has 1 aliphatic carbocycles. The predicted molar refractivity (Wildman–Crippen MR) is 157 cm³/mol. The van der Waals surface area contributed by atoms with Crippen molar-refractivity contribution in [2.45, 2.75) is 53.5 Å². The van der Waals surface area contributed by atoms with Gasteiger partial charge in [0.1, 0.15) is 22.3 Å². The van der Waals surface area contributed by atoms with E-state index in [0.717, 1.165) is 30.4 Å². The van der Waals surface area contributed by atoms with Gasteiger partial charge in [-0.15, -0.1) is 11.3 Å². The van der Waals surface area contributed by atoms with Gasteiger partial charge in [0.2, 0.25) is 0 Å². The molecule has 1 N–H and O–H groups in total. The first kappa shape index (κ1) is 27.6. The summed E-state index contributed by atoms with van der Waals surface area (Å²) >= 11 is 1.60. The number of hydrogen-bond acceptors (Lipinski definition) is 7. The normalized spacial score (nSPS) is 15.2. The summed E-state index contributed by atoms with van der Waals surface area (Å²) in [6.07, 6.45) is 6.12. The summed E-state index contributed by atoms with van der Waals surface area (Å²) < 4.78 is 16.5. The molecular formula is C32H34N2O5S. The first-order chi connectivity index (χ1) is 19.2. The summed E-state index contributed by atoms with van der Waals surface area (Å²) in [5, 5.41) is 3.70. The SMILES string of the molecule is CCOC(=O)c1ccc(-c2ccc(C=Nc3sc4c(c3C(=O)NCc3ccco3)CC[C@H](C(C)(C)C)C4)o2)cc1. The highest BCUT2D eigenvalue weighted by Gasteiger charge is 2.33. The lowest BCUT2D eigenvalue weighted by Crippen LogP contribution is -2.28. The molecule has 1 aliphatic rings. The van der Waals surface area contributed by atoms with E-state index in [1.165, 1.54) is 4.88 Å². The van der Waals surface area contributed by atoms with Crippen LogP contribution in [-0.4, -0.2) is 24.7 Å². The Labute approximate surface area is 238 Å². The molecule has 1 aromatic carbocycles. The summed E-state index contributed by atoms with van der Waals surface area (Å²) in [5.41, 5.74) is 3.29. The van der Waals surface area contributed by atoms with Crippen LogP contribution in [0.15, 0.2) is 68.6 Å². The largest absolute Gasteiger partial charge is 0.467 e. The number of fused-ring (bicyclic) bond motifs is 1. The molecule has 0 fully saturated rings. The van der Waals surface area contributed by atoms with E-state index in [9.17, 15) is 9.59 Å². The Morgan fingerprint density at radius 3 is 2.65 bits per heavy atom. The van der Waals surface area contributed by atoms with Crippen molar-refractivity contribution in [2.24, 2.45) is 16.3 Å². The average Bonchev–Trinajstić information content (AvgIpc) is 3.70. The average molecular weight is 559 g/mol. The van der Waals surface area contributed by atoms with Gasteiger partial charge in [-0.1, -0.05) is 32.9 Å². The van der Waals surface area contributed by atoms with Gasteiger partial charge in [-0.25, -0.2) is 9.79 Å². The second kappa shape index (κ2) is 11.7. The van der Waals surface area contributed by atoms with Crippen LogP contribution in [0, 0.1) is 11.3 Å². The van der Waals surface area contributed by atoms with Gasteiger partial charge in [0.15, 0.2) is 0 Å². The van der Waals surface area contributed by atoms with Crippen LogP contribution in [0.5, 0.6) is 0 Å². The summed E-state index contributed by atoms with van der Waals surface area (Å²) in [7, 11) is 0. The number of ether oxygens (including phenoxy) is 1. The number of nitrogens with zero attached hydrogens (tertiary/aromatic N) is 1. The van der Waals surface area contributed by atoms with Gasteiger partial charge < -0.3 is 18.9 Å². The molecule has 3 heterocycles. The molecule has 1 amide bonds. The molecular weight excluding hydrogens is 524 g/mol. The third kappa shape index (κ3) is 6.12. The Hall–Kier alpha value is -3.91. The zero-order valence-corrected chi connectivity index (χ0v) is 24.1. The van der Waals surface area contributed by atoms with E-state index in [0.29, 0.717) is 52.5 Å². The van der Waals surface area contributed by atoms with Crippen LogP contribution in [0.1, 0.15) is 76.8 Å². The molecule has 7 nitrogen and oxygen atoms in total. The Kier molecular flexibility index (Phi) is 8.07. The maximum atomic E-state index is 13.4. The molecule has 208 valence electrons. The minimum absolute atomic E-state index is 0.142. The van der Waals surface area contributed by atoms with Crippen molar-refractivity contribution in [1.82, 2.24) is 5.32 Å². The fraction of sp³-hybridized carbons (Fsp3) is 0.344. The molecule has 5 rings (SSSR count). The van der Waals surface area contributed by atoms with E-state index in [2.05, 4.69) is 26.1 Å². The first-order valence-corrected chi connectivity index (χ1v) is 14.4. The maximum Gasteiger partial charge on any atom is 0.338 e. The molecule has 4 aromatic rings. The third-order valence-electron chi connectivity index (χ3n) is 7.32.